The number of benzene rings is 1. The van der Waals surface area contributed by atoms with Crippen LogP contribution in [0.4, 0.5) is 0 Å². The number of nitrogens with zero attached hydrogens (tertiary/aromatic N) is 1. The van der Waals surface area contributed by atoms with Crippen LogP contribution in [0.25, 0.3) is 0 Å². The Morgan fingerprint density at radius 3 is 2.57 bits per heavy atom. The second-order valence-corrected chi connectivity index (χ2v) is 7.32. The Morgan fingerprint density at radius 1 is 1.09 bits per heavy atom. The molecule has 4 atom stereocenters. The summed E-state index contributed by atoms with van der Waals surface area (Å²) in [6.07, 6.45) is 6.77. The van der Waals surface area contributed by atoms with Gasteiger partial charge in [-0.15, -0.1) is 0 Å². The number of hydrogen-bond acceptors (Lipinski definition) is 3. The Balaban J connectivity index is 1.65. The largest absolute Gasteiger partial charge is 0.366 e. The van der Waals surface area contributed by atoms with Gasteiger partial charge in [-0.25, -0.2) is 0 Å². The lowest BCUT2D eigenvalue weighted by atomic mass is 9.91. The molecule has 3 aliphatic rings. The summed E-state index contributed by atoms with van der Waals surface area (Å²) < 4.78 is 6.43. The maximum Gasteiger partial charge on any atom is 0.242 e. The van der Waals surface area contributed by atoms with Crippen LogP contribution in [0.3, 0.4) is 0 Å². The number of carbonyl (C=O) groups excluding carboxylic acids is 1. The van der Waals surface area contributed by atoms with E-state index in [1.54, 1.807) is 0 Å². The highest BCUT2D eigenvalue weighted by Gasteiger charge is 2.45. The molecule has 2 saturated carbocycles. The third-order valence-corrected chi connectivity index (χ3v) is 5.56. The van der Waals surface area contributed by atoms with Crippen molar-refractivity contribution in [3.8, 4) is 0 Å². The van der Waals surface area contributed by atoms with Crippen molar-refractivity contribution in [1.29, 1.82) is 0 Å². The standard InChI is InChI=1S/C19H26N2O2/c20-17-18(14-6-2-1-3-7-14)23-16-9-5-4-8-15(16)21(19(17)22)12-13-10-11-13/h1-3,6-7,13,15-18H,4-5,8-12,20H2/t15-,16-,17-,18+/m0/s1. The molecule has 1 aliphatic heterocycles. The van der Waals surface area contributed by atoms with Gasteiger partial charge in [0, 0.05) is 6.54 Å². The summed E-state index contributed by atoms with van der Waals surface area (Å²) in [5.41, 5.74) is 7.40. The van der Waals surface area contributed by atoms with Crippen LogP contribution in [0.15, 0.2) is 30.3 Å². The van der Waals surface area contributed by atoms with Gasteiger partial charge in [0.2, 0.25) is 5.91 Å². The van der Waals surface area contributed by atoms with Crippen LogP contribution >= 0.6 is 0 Å². The Bertz CT molecular complexity index is 558. The van der Waals surface area contributed by atoms with Crippen LogP contribution in [0.1, 0.15) is 50.2 Å². The molecule has 4 rings (SSSR count). The van der Waals surface area contributed by atoms with E-state index < -0.39 is 6.04 Å². The highest BCUT2D eigenvalue weighted by molar-refractivity contribution is 5.83. The number of rotatable bonds is 3. The average molecular weight is 314 g/mol. The summed E-state index contributed by atoms with van der Waals surface area (Å²) in [5, 5.41) is 0. The van der Waals surface area contributed by atoms with Gasteiger partial charge in [0.1, 0.15) is 12.1 Å². The van der Waals surface area contributed by atoms with Crippen molar-refractivity contribution in [3.05, 3.63) is 35.9 Å². The average Bonchev–Trinajstić information content (AvgIpc) is 3.42. The van der Waals surface area contributed by atoms with Crippen LogP contribution < -0.4 is 5.73 Å². The van der Waals surface area contributed by atoms with Gasteiger partial charge >= 0.3 is 0 Å². The summed E-state index contributed by atoms with van der Waals surface area (Å²) in [7, 11) is 0. The van der Waals surface area contributed by atoms with E-state index in [-0.39, 0.29) is 24.2 Å². The molecular formula is C19H26N2O2. The molecular weight excluding hydrogens is 288 g/mol. The second-order valence-electron chi connectivity index (χ2n) is 7.32. The summed E-state index contributed by atoms with van der Waals surface area (Å²) in [6.45, 7) is 0.874. The predicted octanol–water partition coefficient (Wildman–Crippen LogP) is 2.63. The fourth-order valence-electron chi connectivity index (χ4n) is 4.08. The molecule has 23 heavy (non-hydrogen) atoms. The number of nitrogens with two attached hydrogens (primary N) is 1. The van der Waals surface area contributed by atoms with Gasteiger partial charge in [-0.05, 0) is 37.2 Å². The number of fused-ring (bicyclic) bond motifs is 1. The monoisotopic (exact) mass is 314 g/mol. The van der Waals surface area contributed by atoms with Crippen LogP contribution in [-0.4, -0.2) is 35.5 Å². The quantitative estimate of drug-likeness (QED) is 0.933. The minimum atomic E-state index is -0.596. The lowest BCUT2D eigenvalue weighted by Crippen LogP contribution is -2.51. The molecule has 0 bridgehead atoms. The van der Waals surface area contributed by atoms with E-state index in [9.17, 15) is 4.79 Å². The van der Waals surface area contributed by atoms with Gasteiger partial charge in [-0.3, -0.25) is 4.79 Å². The van der Waals surface area contributed by atoms with Gasteiger partial charge in [0.25, 0.3) is 0 Å². The Labute approximate surface area is 138 Å². The lowest BCUT2D eigenvalue weighted by molar-refractivity contribution is -0.135. The Morgan fingerprint density at radius 2 is 1.83 bits per heavy atom. The van der Waals surface area contributed by atoms with Gasteiger partial charge in [0.15, 0.2) is 0 Å². The molecule has 4 nitrogen and oxygen atoms in total. The van der Waals surface area contributed by atoms with Crippen molar-refractivity contribution in [1.82, 2.24) is 4.90 Å². The molecule has 0 radical (unpaired) electrons. The summed E-state index contributed by atoms with van der Waals surface area (Å²) in [5.74, 6) is 0.766. The van der Waals surface area contributed by atoms with Crippen LogP contribution in [-0.2, 0) is 9.53 Å². The van der Waals surface area contributed by atoms with Crippen LogP contribution in [0, 0.1) is 5.92 Å². The van der Waals surface area contributed by atoms with Crippen molar-refractivity contribution in [2.24, 2.45) is 11.7 Å². The van der Waals surface area contributed by atoms with E-state index in [2.05, 4.69) is 4.90 Å². The summed E-state index contributed by atoms with van der Waals surface area (Å²) in [6, 6.07) is 9.62. The van der Waals surface area contributed by atoms with E-state index in [0.29, 0.717) is 5.92 Å². The first-order valence-corrected chi connectivity index (χ1v) is 9.00. The SMILES string of the molecule is N[C@@H]1C(=O)N(CC2CC2)[C@H]2CCCC[C@@H]2O[C@@H]1c1ccccc1. The number of carbonyl (C=O) groups is 1. The second kappa shape index (κ2) is 6.25. The molecule has 4 heteroatoms. The first kappa shape index (κ1) is 15.2. The summed E-state index contributed by atoms with van der Waals surface area (Å²) in [4.78, 5) is 15.1. The zero-order chi connectivity index (χ0) is 15.8. The smallest absolute Gasteiger partial charge is 0.242 e. The zero-order valence-electron chi connectivity index (χ0n) is 13.6. The molecule has 0 spiro atoms. The van der Waals surface area contributed by atoms with Gasteiger partial charge < -0.3 is 15.4 Å². The third kappa shape index (κ3) is 3.02. The van der Waals surface area contributed by atoms with Crippen molar-refractivity contribution in [2.45, 2.75) is 62.8 Å². The Hall–Kier alpha value is -1.39. The van der Waals surface area contributed by atoms with E-state index in [0.717, 1.165) is 24.9 Å². The fourth-order valence-corrected chi connectivity index (χ4v) is 4.08. The number of ether oxygens (including phenoxy) is 1. The first-order chi connectivity index (χ1) is 11.2. The first-order valence-electron chi connectivity index (χ1n) is 9.00. The highest BCUT2D eigenvalue weighted by atomic mass is 16.5. The highest BCUT2D eigenvalue weighted by Crippen LogP contribution is 2.38. The zero-order valence-corrected chi connectivity index (χ0v) is 13.6. The molecule has 1 aromatic carbocycles. The number of hydrogen-bond donors (Lipinski definition) is 1. The molecule has 0 aromatic heterocycles. The van der Waals surface area contributed by atoms with E-state index >= 15 is 0 Å². The maximum atomic E-state index is 13.1. The van der Waals surface area contributed by atoms with Crippen molar-refractivity contribution in [3.63, 3.8) is 0 Å². The molecule has 3 fully saturated rings. The molecule has 1 aromatic rings. The molecule has 124 valence electrons. The normalized spacial score (nSPS) is 34.8. The van der Waals surface area contributed by atoms with Crippen molar-refractivity contribution < 1.29 is 9.53 Å². The van der Waals surface area contributed by atoms with E-state index in [1.807, 2.05) is 30.3 Å². The minimum Gasteiger partial charge on any atom is -0.366 e. The maximum absolute atomic E-state index is 13.1. The Kier molecular flexibility index (Phi) is 4.12. The predicted molar refractivity (Wildman–Crippen MR) is 88.7 cm³/mol. The topological polar surface area (TPSA) is 55.6 Å². The van der Waals surface area contributed by atoms with Crippen molar-refractivity contribution in [2.75, 3.05) is 6.54 Å². The fraction of sp³-hybridized carbons (Fsp3) is 0.632. The molecule has 1 saturated heterocycles. The molecule has 2 N–H and O–H groups in total. The van der Waals surface area contributed by atoms with Crippen LogP contribution in [0.2, 0.25) is 0 Å². The molecule has 1 heterocycles. The van der Waals surface area contributed by atoms with Crippen molar-refractivity contribution >= 4 is 5.91 Å². The third-order valence-electron chi connectivity index (χ3n) is 5.56. The van der Waals surface area contributed by atoms with Gasteiger partial charge in [-0.2, -0.15) is 0 Å². The van der Waals surface area contributed by atoms with E-state index in [4.69, 9.17) is 10.5 Å². The lowest BCUT2D eigenvalue weighted by Gasteiger charge is -2.38. The van der Waals surface area contributed by atoms with Gasteiger partial charge in [0.05, 0.1) is 12.1 Å². The molecule has 1 amide bonds. The molecule has 2 aliphatic carbocycles. The van der Waals surface area contributed by atoms with Crippen LogP contribution in [0.5, 0.6) is 0 Å². The van der Waals surface area contributed by atoms with E-state index in [1.165, 1.54) is 25.7 Å². The summed E-state index contributed by atoms with van der Waals surface area (Å²) >= 11 is 0. The number of amides is 1. The van der Waals surface area contributed by atoms with Gasteiger partial charge in [-0.1, -0.05) is 43.2 Å². The molecule has 0 unspecified atom stereocenters. The minimum absolute atomic E-state index is 0.0835.